The van der Waals surface area contributed by atoms with Crippen LogP contribution in [0.5, 0.6) is 5.75 Å². The Labute approximate surface area is 162 Å². The lowest BCUT2D eigenvalue weighted by Gasteiger charge is -2.12. The minimum absolute atomic E-state index is 0.279. The Morgan fingerprint density at radius 2 is 2.04 bits per heavy atom. The summed E-state index contributed by atoms with van der Waals surface area (Å²) in [5.41, 5.74) is 2.75. The summed E-state index contributed by atoms with van der Waals surface area (Å²) in [5.74, 6) is 0.886. The van der Waals surface area contributed by atoms with Crippen molar-refractivity contribution >= 4 is 29.0 Å². The van der Waals surface area contributed by atoms with Gasteiger partial charge in [-0.3, -0.25) is 9.78 Å². The molecule has 0 aliphatic carbocycles. The number of carbonyl (C=O) groups excluding carboxylic acids is 1. The van der Waals surface area contributed by atoms with E-state index in [9.17, 15) is 4.79 Å². The lowest BCUT2D eigenvalue weighted by molar-refractivity contribution is 0.102. The zero-order valence-corrected chi connectivity index (χ0v) is 15.7. The zero-order chi connectivity index (χ0) is 19.2. The van der Waals surface area contributed by atoms with Crippen LogP contribution in [-0.4, -0.2) is 23.0 Å². The van der Waals surface area contributed by atoms with Crippen molar-refractivity contribution in [1.29, 1.82) is 0 Å². The van der Waals surface area contributed by atoms with Crippen LogP contribution in [0.2, 0.25) is 5.02 Å². The molecule has 0 spiro atoms. The van der Waals surface area contributed by atoms with Gasteiger partial charge in [-0.2, -0.15) is 0 Å². The van der Waals surface area contributed by atoms with E-state index in [4.69, 9.17) is 16.3 Å². The smallest absolute Gasteiger partial charge is 0.257 e. The number of anilines is 2. The van der Waals surface area contributed by atoms with Crippen LogP contribution in [0.25, 0.3) is 0 Å². The summed E-state index contributed by atoms with van der Waals surface area (Å²) in [5, 5.41) is 6.58. The average Bonchev–Trinajstić information content (AvgIpc) is 2.70. The van der Waals surface area contributed by atoms with E-state index < -0.39 is 0 Å². The number of ether oxygens (including phenoxy) is 1. The molecule has 3 rings (SSSR count). The second-order valence-corrected chi connectivity index (χ2v) is 6.27. The van der Waals surface area contributed by atoms with Crippen LogP contribution in [0.1, 0.15) is 21.6 Å². The Morgan fingerprint density at radius 3 is 2.70 bits per heavy atom. The Bertz CT molecular complexity index is 931. The van der Waals surface area contributed by atoms with Crippen LogP contribution >= 0.6 is 11.6 Å². The number of aryl methyl sites for hydroxylation is 1. The molecule has 0 saturated carbocycles. The number of halogens is 1. The highest BCUT2D eigenvalue weighted by molar-refractivity contribution is 6.31. The fraction of sp³-hybridized carbons (Fsp3) is 0.150. The number of hydrogen-bond donors (Lipinski definition) is 2. The number of nitrogens with zero attached hydrogens (tertiary/aromatic N) is 2. The van der Waals surface area contributed by atoms with Crippen LogP contribution < -0.4 is 15.4 Å². The summed E-state index contributed by atoms with van der Waals surface area (Å²) in [6.07, 6.45) is 3.26. The first kappa shape index (κ1) is 18.7. The van der Waals surface area contributed by atoms with Crippen molar-refractivity contribution in [2.24, 2.45) is 0 Å². The first-order valence-corrected chi connectivity index (χ1v) is 8.70. The van der Waals surface area contributed by atoms with Crippen molar-refractivity contribution in [3.8, 4) is 5.75 Å². The third-order valence-electron chi connectivity index (χ3n) is 3.93. The number of carbonyl (C=O) groups is 1. The Morgan fingerprint density at radius 1 is 1.19 bits per heavy atom. The molecule has 3 aromatic rings. The summed E-state index contributed by atoms with van der Waals surface area (Å²) in [4.78, 5) is 21.0. The number of amides is 1. The number of hydrogen-bond acceptors (Lipinski definition) is 5. The molecule has 2 N–H and O–H groups in total. The number of nitrogens with one attached hydrogen (secondary N) is 2. The number of aromatic nitrogens is 2. The molecule has 0 aliphatic heterocycles. The van der Waals surface area contributed by atoms with Gasteiger partial charge in [-0.25, -0.2) is 4.98 Å². The fourth-order valence-corrected chi connectivity index (χ4v) is 2.59. The minimum Gasteiger partial charge on any atom is -0.495 e. The molecule has 0 radical (unpaired) electrons. The minimum atomic E-state index is -0.279. The maximum Gasteiger partial charge on any atom is 0.257 e. The molecule has 1 amide bonds. The van der Waals surface area contributed by atoms with Crippen molar-refractivity contribution in [3.63, 3.8) is 0 Å². The highest BCUT2D eigenvalue weighted by Gasteiger charge is 2.12. The molecule has 6 nitrogen and oxygen atoms in total. The molecule has 27 heavy (non-hydrogen) atoms. The largest absolute Gasteiger partial charge is 0.495 e. The van der Waals surface area contributed by atoms with E-state index in [-0.39, 0.29) is 5.91 Å². The first-order chi connectivity index (χ1) is 13.1. The van der Waals surface area contributed by atoms with Gasteiger partial charge in [-0.1, -0.05) is 17.7 Å². The van der Waals surface area contributed by atoms with Gasteiger partial charge < -0.3 is 15.4 Å². The fourth-order valence-electron chi connectivity index (χ4n) is 2.44. The van der Waals surface area contributed by atoms with Gasteiger partial charge in [0, 0.05) is 23.5 Å². The van der Waals surface area contributed by atoms with Crippen molar-refractivity contribution in [2.45, 2.75) is 13.5 Å². The highest BCUT2D eigenvalue weighted by atomic mass is 35.5. The molecular formula is C20H19ClN4O2. The van der Waals surface area contributed by atoms with Crippen LogP contribution in [0.4, 0.5) is 11.5 Å². The number of rotatable bonds is 6. The van der Waals surface area contributed by atoms with Gasteiger partial charge in [0.15, 0.2) is 0 Å². The summed E-state index contributed by atoms with van der Waals surface area (Å²) in [6.45, 7) is 2.42. The summed E-state index contributed by atoms with van der Waals surface area (Å²) >= 11 is 6.10. The van der Waals surface area contributed by atoms with E-state index in [1.807, 2.05) is 25.1 Å². The summed E-state index contributed by atoms with van der Waals surface area (Å²) in [6, 6.07) is 12.6. The van der Waals surface area contributed by atoms with Gasteiger partial charge in [0.25, 0.3) is 5.91 Å². The second-order valence-electron chi connectivity index (χ2n) is 5.86. The molecule has 0 unspecified atom stereocenters. The van der Waals surface area contributed by atoms with Crippen molar-refractivity contribution in [3.05, 3.63) is 76.7 Å². The molecule has 0 atom stereocenters. The van der Waals surface area contributed by atoms with E-state index >= 15 is 0 Å². The monoisotopic (exact) mass is 382 g/mol. The van der Waals surface area contributed by atoms with E-state index in [0.717, 1.165) is 11.3 Å². The molecule has 1 aromatic carbocycles. The van der Waals surface area contributed by atoms with Crippen molar-refractivity contribution in [1.82, 2.24) is 9.97 Å². The molecule has 0 aliphatic rings. The molecule has 2 aromatic heterocycles. The lowest BCUT2D eigenvalue weighted by Crippen LogP contribution is -2.13. The van der Waals surface area contributed by atoms with Crippen LogP contribution in [0, 0.1) is 6.92 Å². The standard InChI is InChI=1S/C20H19ClN4O2/c1-13-9-17(18(27-2)10-16(13)21)25-20(26)14-6-7-19(23-11-14)24-12-15-5-3-4-8-22-15/h3-11H,12H2,1-2H3,(H,23,24)(H,25,26). The molecule has 0 fully saturated rings. The Kier molecular flexibility index (Phi) is 5.88. The van der Waals surface area contributed by atoms with Crippen LogP contribution in [0.3, 0.4) is 0 Å². The Hall–Kier alpha value is -3.12. The highest BCUT2D eigenvalue weighted by Crippen LogP contribution is 2.31. The third kappa shape index (κ3) is 4.74. The van der Waals surface area contributed by atoms with Crippen LogP contribution in [-0.2, 0) is 6.54 Å². The Balaban J connectivity index is 1.66. The third-order valence-corrected chi connectivity index (χ3v) is 4.34. The molecule has 0 saturated heterocycles. The van der Waals surface area contributed by atoms with E-state index in [1.165, 1.54) is 13.3 Å². The van der Waals surface area contributed by atoms with E-state index in [1.54, 1.807) is 30.5 Å². The SMILES string of the molecule is COc1cc(Cl)c(C)cc1NC(=O)c1ccc(NCc2ccccn2)nc1. The lowest BCUT2D eigenvalue weighted by atomic mass is 10.2. The molecule has 0 bridgehead atoms. The predicted molar refractivity (Wildman–Crippen MR) is 106 cm³/mol. The molecule has 7 heteroatoms. The predicted octanol–water partition coefficient (Wildman–Crippen LogP) is 4.31. The maximum absolute atomic E-state index is 12.5. The van der Waals surface area contributed by atoms with Gasteiger partial charge in [0.2, 0.25) is 0 Å². The van der Waals surface area contributed by atoms with E-state index in [2.05, 4.69) is 20.6 Å². The number of methoxy groups -OCH3 is 1. The normalized spacial score (nSPS) is 10.3. The van der Waals surface area contributed by atoms with Gasteiger partial charge in [0.1, 0.15) is 11.6 Å². The van der Waals surface area contributed by atoms with Crippen molar-refractivity contribution < 1.29 is 9.53 Å². The van der Waals surface area contributed by atoms with Gasteiger partial charge in [-0.05, 0) is 42.8 Å². The number of pyridine rings is 2. The zero-order valence-electron chi connectivity index (χ0n) is 15.0. The average molecular weight is 383 g/mol. The molecule has 138 valence electrons. The maximum atomic E-state index is 12.5. The van der Waals surface area contributed by atoms with E-state index in [0.29, 0.717) is 34.4 Å². The topological polar surface area (TPSA) is 76.1 Å². The first-order valence-electron chi connectivity index (χ1n) is 8.32. The summed E-state index contributed by atoms with van der Waals surface area (Å²) < 4.78 is 5.28. The van der Waals surface area contributed by atoms with Crippen molar-refractivity contribution in [2.75, 3.05) is 17.7 Å². The molecular weight excluding hydrogens is 364 g/mol. The van der Waals surface area contributed by atoms with Gasteiger partial charge in [0.05, 0.1) is 30.6 Å². The second kappa shape index (κ2) is 8.51. The summed E-state index contributed by atoms with van der Waals surface area (Å²) in [7, 11) is 1.53. The number of benzene rings is 1. The quantitative estimate of drug-likeness (QED) is 0.664. The van der Waals surface area contributed by atoms with Gasteiger partial charge >= 0.3 is 0 Å². The molecule has 2 heterocycles. The van der Waals surface area contributed by atoms with Gasteiger partial charge in [-0.15, -0.1) is 0 Å². The van der Waals surface area contributed by atoms with Crippen LogP contribution in [0.15, 0.2) is 54.9 Å².